The Balaban J connectivity index is 1.87. The second kappa shape index (κ2) is 7.34. The van der Waals surface area contributed by atoms with Crippen molar-refractivity contribution in [3.05, 3.63) is 58.1 Å². The van der Waals surface area contributed by atoms with E-state index in [1.807, 2.05) is 43.3 Å². The van der Waals surface area contributed by atoms with Gasteiger partial charge in [-0.3, -0.25) is 4.79 Å². The second-order valence-electron chi connectivity index (χ2n) is 4.52. The monoisotopic (exact) mass is 323 g/mol. The summed E-state index contributed by atoms with van der Waals surface area (Å²) >= 11 is 12.2. The van der Waals surface area contributed by atoms with Gasteiger partial charge in [0.25, 0.3) is 0 Å². The highest BCUT2D eigenvalue weighted by Gasteiger charge is 2.10. The molecule has 0 heterocycles. The van der Waals surface area contributed by atoms with E-state index in [0.717, 1.165) is 11.3 Å². The SMILES string of the molecule is Cc1ccc(Cl)c(OCCC(=O)Nc2ccccc2)c1Cl. The van der Waals surface area contributed by atoms with Crippen LogP contribution in [0.15, 0.2) is 42.5 Å². The zero-order chi connectivity index (χ0) is 15.2. The minimum atomic E-state index is -0.124. The van der Waals surface area contributed by atoms with Gasteiger partial charge >= 0.3 is 0 Å². The number of anilines is 1. The van der Waals surface area contributed by atoms with Crippen molar-refractivity contribution in [1.82, 2.24) is 0 Å². The van der Waals surface area contributed by atoms with Crippen LogP contribution in [-0.2, 0) is 4.79 Å². The first kappa shape index (κ1) is 15.7. The molecule has 0 atom stereocenters. The number of amides is 1. The van der Waals surface area contributed by atoms with Crippen LogP contribution in [0.4, 0.5) is 5.69 Å². The van der Waals surface area contributed by atoms with E-state index in [0.29, 0.717) is 15.8 Å². The molecule has 21 heavy (non-hydrogen) atoms. The van der Waals surface area contributed by atoms with E-state index in [9.17, 15) is 4.79 Å². The largest absolute Gasteiger partial charge is 0.490 e. The average Bonchev–Trinajstić information content (AvgIpc) is 2.48. The van der Waals surface area contributed by atoms with Gasteiger partial charge in [-0.25, -0.2) is 0 Å². The number of ether oxygens (including phenoxy) is 1. The minimum absolute atomic E-state index is 0.124. The summed E-state index contributed by atoms with van der Waals surface area (Å²) in [5.74, 6) is 0.298. The highest BCUT2D eigenvalue weighted by atomic mass is 35.5. The van der Waals surface area contributed by atoms with Gasteiger partial charge in [0.2, 0.25) is 5.91 Å². The van der Waals surface area contributed by atoms with Crippen LogP contribution in [0.5, 0.6) is 5.75 Å². The zero-order valence-electron chi connectivity index (χ0n) is 11.5. The lowest BCUT2D eigenvalue weighted by atomic mass is 10.2. The van der Waals surface area contributed by atoms with Gasteiger partial charge in [0.1, 0.15) is 0 Å². The van der Waals surface area contributed by atoms with Gasteiger partial charge < -0.3 is 10.1 Å². The van der Waals surface area contributed by atoms with E-state index in [-0.39, 0.29) is 18.9 Å². The van der Waals surface area contributed by atoms with Crippen LogP contribution in [0.2, 0.25) is 10.0 Å². The molecule has 1 N–H and O–H groups in total. The third-order valence-corrected chi connectivity index (χ3v) is 3.64. The molecule has 110 valence electrons. The summed E-state index contributed by atoms with van der Waals surface area (Å²) in [5, 5.41) is 3.70. The van der Waals surface area contributed by atoms with Crippen molar-refractivity contribution in [2.75, 3.05) is 11.9 Å². The standard InChI is InChI=1S/C16H15Cl2NO2/c1-11-7-8-13(17)16(15(11)18)21-10-9-14(20)19-12-5-3-2-4-6-12/h2-8H,9-10H2,1H3,(H,19,20). The number of carbonyl (C=O) groups excluding carboxylic acids is 1. The maximum absolute atomic E-state index is 11.8. The number of para-hydroxylation sites is 1. The van der Waals surface area contributed by atoms with E-state index < -0.39 is 0 Å². The number of nitrogens with one attached hydrogen (secondary N) is 1. The van der Waals surface area contributed by atoms with E-state index in [1.165, 1.54) is 0 Å². The summed E-state index contributed by atoms with van der Waals surface area (Å²) in [4.78, 5) is 11.8. The maximum atomic E-state index is 11.8. The first-order valence-corrected chi connectivity index (χ1v) is 7.26. The van der Waals surface area contributed by atoms with E-state index in [4.69, 9.17) is 27.9 Å². The van der Waals surface area contributed by atoms with Crippen LogP contribution in [-0.4, -0.2) is 12.5 Å². The molecule has 0 aliphatic heterocycles. The molecule has 0 spiro atoms. The Kier molecular flexibility index (Phi) is 5.48. The molecule has 2 aromatic rings. The summed E-state index contributed by atoms with van der Waals surface area (Å²) in [5.41, 5.74) is 1.64. The van der Waals surface area contributed by atoms with Gasteiger partial charge in [-0.2, -0.15) is 0 Å². The van der Waals surface area contributed by atoms with Crippen LogP contribution >= 0.6 is 23.2 Å². The van der Waals surface area contributed by atoms with Crippen LogP contribution in [0.3, 0.4) is 0 Å². The fourth-order valence-corrected chi connectivity index (χ4v) is 2.23. The molecular formula is C16H15Cl2NO2. The topological polar surface area (TPSA) is 38.3 Å². The molecule has 0 aromatic heterocycles. The Bertz CT molecular complexity index is 630. The quantitative estimate of drug-likeness (QED) is 0.865. The second-order valence-corrected chi connectivity index (χ2v) is 5.31. The minimum Gasteiger partial charge on any atom is -0.490 e. The first-order chi connectivity index (χ1) is 10.1. The van der Waals surface area contributed by atoms with E-state index >= 15 is 0 Å². The summed E-state index contributed by atoms with van der Waals surface area (Å²) in [6, 6.07) is 12.8. The summed E-state index contributed by atoms with van der Waals surface area (Å²) < 4.78 is 5.53. The highest BCUT2D eigenvalue weighted by molar-refractivity contribution is 6.37. The van der Waals surface area contributed by atoms with Crippen molar-refractivity contribution in [3.63, 3.8) is 0 Å². The van der Waals surface area contributed by atoms with E-state index in [2.05, 4.69) is 5.32 Å². The molecule has 5 heteroatoms. The van der Waals surface area contributed by atoms with Gasteiger partial charge in [-0.05, 0) is 30.7 Å². The van der Waals surface area contributed by atoms with Crippen molar-refractivity contribution in [2.45, 2.75) is 13.3 Å². The molecular weight excluding hydrogens is 309 g/mol. The number of halogens is 2. The molecule has 2 rings (SSSR count). The number of aryl methyl sites for hydroxylation is 1. The summed E-state index contributed by atoms with van der Waals surface area (Å²) in [7, 11) is 0. The molecule has 0 bridgehead atoms. The Morgan fingerprint density at radius 1 is 1.14 bits per heavy atom. The van der Waals surface area contributed by atoms with Gasteiger partial charge in [0, 0.05) is 5.69 Å². The Morgan fingerprint density at radius 3 is 2.57 bits per heavy atom. The average molecular weight is 324 g/mol. The lowest BCUT2D eigenvalue weighted by Gasteiger charge is -2.11. The summed E-state index contributed by atoms with van der Waals surface area (Å²) in [6.45, 7) is 2.08. The third kappa shape index (κ3) is 4.38. The molecule has 0 unspecified atom stereocenters. The fourth-order valence-electron chi connectivity index (χ4n) is 1.75. The molecule has 0 aliphatic rings. The van der Waals surface area contributed by atoms with Crippen LogP contribution in [0.25, 0.3) is 0 Å². The van der Waals surface area contributed by atoms with Crippen LogP contribution in [0, 0.1) is 6.92 Å². The van der Waals surface area contributed by atoms with Gasteiger partial charge in [-0.1, -0.05) is 47.5 Å². The van der Waals surface area contributed by atoms with Crippen molar-refractivity contribution >= 4 is 34.8 Å². The number of hydrogen-bond acceptors (Lipinski definition) is 2. The molecule has 0 radical (unpaired) electrons. The van der Waals surface area contributed by atoms with Gasteiger partial charge in [0.15, 0.2) is 5.75 Å². The van der Waals surface area contributed by atoms with Crippen molar-refractivity contribution in [3.8, 4) is 5.75 Å². The smallest absolute Gasteiger partial charge is 0.227 e. The number of hydrogen-bond donors (Lipinski definition) is 1. The molecule has 1 amide bonds. The molecule has 0 aliphatic carbocycles. The lowest BCUT2D eigenvalue weighted by molar-refractivity contribution is -0.116. The van der Waals surface area contributed by atoms with Crippen molar-refractivity contribution in [2.24, 2.45) is 0 Å². The maximum Gasteiger partial charge on any atom is 0.227 e. The predicted octanol–water partition coefficient (Wildman–Crippen LogP) is 4.71. The fraction of sp³-hybridized carbons (Fsp3) is 0.188. The van der Waals surface area contributed by atoms with Crippen molar-refractivity contribution < 1.29 is 9.53 Å². The molecule has 0 saturated heterocycles. The molecule has 2 aromatic carbocycles. The number of benzene rings is 2. The normalized spacial score (nSPS) is 10.2. The summed E-state index contributed by atoms with van der Waals surface area (Å²) in [6.07, 6.45) is 0.218. The molecule has 0 saturated carbocycles. The van der Waals surface area contributed by atoms with Gasteiger partial charge in [0.05, 0.1) is 23.1 Å². The number of rotatable bonds is 5. The Hall–Kier alpha value is -1.71. The third-order valence-electron chi connectivity index (χ3n) is 2.88. The van der Waals surface area contributed by atoms with Crippen molar-refractivity contribution in [1.29, 1.82) is 0 Å². The predicted molar refractivity (Wildman–Crippen MR) is 86.4 cm³/mol. The van der Waals surface area contributed by atoms with Gasteiger partial charge in [-0.15, -0.1) is 0 Å². The highest BCUT2D eigenvalue weighted by Crippen LogP contribution is 2.35. The van der Waals surface area contributed by atoms with Crippen LogP contribution in [0.1, 0.15) is 12.0 Å². The molecule has 0 fully saturated rings. The Morgan fingerprint density at radius 2 is 1.86 bits per heavy atom. The zero-order valence-corrected chi connectivity index (χ0v) is 13.0. The number of carbonyl (C=O) groups is 1. The molecule has 3 nitrogen and oxygen atoms in total. The van der Waals surface area contributed by atoms with Crippen LogP contribution < -0.4 is 10.1 Å². The first-order valence-electron chi connectivity index (χ1n) is 6.50. The van der Waals surface area contributed by atoms with E-state index in [1.54, 1.807) is 6.07 Å². The lowest BCUT2D eigenvalue weighted by Crippen LogP contribution is -2.15. The Labute approximate surface area is 133 Å².